The number of halogens is 1. The lowest BCUT2D eigenvalue weighted by atomic mass is 10.0. The third-order valence-electron chi connectivity index (χ3n) is 4.40. The van der Waals surface area contributed by atoms with Crippen LogP contribution in [0.4, 0.5) is 0 Å². The molecule has 0 saturated carbocycles. The molecule has 0 N–H and O–H groups in total. The van der Waals surface area contributed by atoms with E-state index in [4.69, 9.17) is 9.26 Å². The maximum Gasteiger partial charge on any atom is 0.138 e. The summed E-state index contributed by atoms with van der Waals surface area (Å²) in [5, 5.41) is 4.12. The first-order valence-electron chi connectivity index (χ1n) is 7.59. The summed E-state index contributed by atoms with van der Waals surface area (Å²) in [5.74, 6) is 1.88. The molecule has 1 aromatic carbocycles. The minimum Gasteiger partial charge on any atom is -0.496 e. The van der Waals surface area contributed by atoms with Crippen molar-refractivity contribution >= 4 is 15.9 Å². The molecule has 4 nitrogen and oxygen atoms in total. The number of methoxy groups -OCH3 is 1. The molecular formula is C17H21BrN2O2. The molecule has 1 aromatic heterocycles. The van der Waals surface area contributed by atoms with Crippen molar-refractivity contribution in [2.24, 2.45) is 0 Å². The summed E-state index contributed by atoms with van der Waals surface area (Å²) < 4.78 is 11.9. The van der Waals surface area contributed by atoms with Crippen LogP contribution in [0.25, 0.3) is 0 Å². The van der Waals surface area contributed by atoms with Crippen LogP contribution in [-0.4, -0.2) is 23.7 Å². The highest BCUT2D eigenvalue weighted by molar-refractivity contribution is 9.10. The van der Waals surface area contributed by atoms with Gasteiger partial charge in [0.2, 0.25) is 0 Å². The Kier molecular flexibility index (Phi) is 4.54. The molecular weight excluding hydrogens is 344 g/mol. The Labute approximate surface area is 139 Å². The first-order valence-corrected chi connectivity index (χ1v) is 8.38. The molecule has 1 atom stereocenters. The highest BCUT2D eigenvalue weighted by Gasteiger charge is 2.31. The molecule has 1 saturated heterocycles. The molecule has 0 bridgehead atoms. The highest BCUT2D eigenvalue weighted by Crippen LogP contribution is 2.37. The average Bonchev–Trinajstić information content (AvgIpc) is 3.06. The molecule has 118 valence electrons. The molecule has 5 heteroatoms. The molecule has 1 fully saturated rings. The Morgan fingerprint density at radius 2 is 2.23 bits per heavy atom. The second-order valence-electron chi connectivity index (χ2n) is 5.82. The van der Waals surface area contributed by atoms with Crippen LogP contribution in [0.1, 0.15) is 41.5 Å². The van der Waals surface area contributed by atoms with E-state index >= 15 is 0 Å². The van der Waals surface area contributed by atoms with E-state index in [0.717, 1.165) is 41.2 Å². The Morgan fingerprint density at radius 3 is 2.91 bits per heavy atom. The zero-order valence-corrected chi connectivity index (χ0v) is 14.8. The van der Waals surface area contributed by atoms with E-state index in [2.05, 4.69) is 32.1 Å². The summed E-state index contributed by atoms with van der Waals surface area (Å²) in [6.07, 6.45) is 2.35. The van der Waals surface area contributed by atoms with Crippen molar-refractivity contribution in [2.75, 3.05) is 13.7 Å². The summed E-state index contributed by atoms with van der Waals surface area (Å²) >= 11 is 3.55. The topological polar surface area (TPSA) is 38.5 Å². The standard InChI is InChI=1S/C17H21BrN2O2/c1-11-17(12(2)22-19-11)15-5-4-8-20(15)10-13-9-14(18)6-7-16(13)21-3/h6-7,9,15H,4-5,8,10H2,1-3H3. The fourth-order valence-electron chi connectivity index (χ4n) is 3.40. The smallest absolute Gasteiger partial charge is 0.138 e. The van der Waals surface area contributed by atoms with Gasteiger partial charge in [0.05, 0.1) is 12.8 Å². The molecule has 1 aliphatic heterocycles. The number of ether oxygens (including phenoxy) is 1. The molecule has 3 rings (SSSR count). The fourth-order valence-corrected chi connectivity index (χ4v) is 3.81. The Bertz CT molecular complexity index is 649. The molecule has 0 aliphatic carbocycles. The molecule has 0 radical (unpaired) electrons. The average molecular weight is 365 g/mol. The summed E-state index contributed by atoms with van der Waals surface area (Å²) in [4.78, 5) is 2.50. The van der Waals surface area contributed by atoms with Crippen molar-refractivity contribution in [2.45, 2.75) is 39.3 Å². The van der Waals surface area contributed by atoms with Crippen molar-refractivity contribution in [1.82, 2.24) is 10.1 Å². The highest BCUT2D eigenvalue weighted by atomic mass is 79.9. The van der Waals surface area contributed by atoms with E-state index in [1.165, 1.54) is 17.5 Å². The number of aromatic nitrogens is 1. The van der Waals surface area contributed by atoms with Gasteiger partial charge in [-0.05, 0) is 51.4 Å². The van der Waals surface area contributed by atoms with Gasteiger partial charge in [-0.25, -0.2) is 0 Å². The van der Waals surface area contributed by atoms with Crippen molar-refractivity contribution in [3.8, 4) is 5.75 Å². The number of nitrogens with zero attached hydrogens (tertiary/aromatic N) is 2. The summed E-state index contributed by atoms with van der Waals surface area (Å²) in [7, 11) is 1.72. The lowest BCUT2D eigenvalue weighted by Gasteiger charge is -2.25. The Hall–Kier alpha value is -1.33. The zero-order valence-electron chi connectivity index (χ0n) is 13.2. The van der Waals surface area contributed by atoms with Gasteiger partial charge in [-0.2, -0.15) is 0 Å². The third-order valence-corrected chi connectivity index (χ3v) is 4.89. The van der Waals surface area contributed by atoms with Crippen LogP contribution in [0.3, 0.4) is 0 Å². The number of rotatable bonds is 4. The largest absolute Gasteiger partial charge is 0.496 e. The number of hydrogen-bond donors (Lipinski definition) is 0. The van der Waals surface area contributed by atoms with E-state index in [9.17, 15) is 0 Å². The van der Waals surface area contributed by atoms with Gasteiger partial charge in [-0.3, -0.25) is 4.90 Å². The van der Waals surface area contributed by atoms with Gasteiger partial charge in [0.25, 0.3) is 0 Å². The molecule has 0 spiro atoms. The van der Waals surface area contributed by atoms with E-state index in [0.29, 0.717) is 6.04 Å². The van der Waals surface area contributed by atoms with Crippen LogP contribution < -0.4 is 4.74 Å². The first-order chi connectivity index (χ1) is 10.6. The molecule has 0 amide bonds. The second kappa shape index (κ2) is 6.42. The number of aryl methyl sites for hydroxylation is 2. The number of hydrogen-bond acceptors (Lipinski definition) is 4. The normalized spacial score (nSPS) is 18.8. The second-order valence-corrected chi connectivity index (χ2v) is 6.74. The predicted octanol–water partition coefficient (Wildman–Crippen LogP) is 4.40. The van der Waals surface area contributed by atoms with E-state index in [1.54, 1.807) is 7.11 Å². The van der Waals surface area contributed by atoms with Crippen molar-refractivity contribution in [1.29, 1.82) is 0 Å². The van der Waals surface area contributed by atoms with Crippen LogP contribution in [0.2, 0.25) is 0 Å². The van der Waals surface area contributed by atoms with Crippen LogP contribution in [0.5, 0.6) is 5.75 Å². The first kappa shape index (κ1) is 15.6. The van der Waals surface area contributed by atoms with Gasteiger partial charge in [0.15, 0.2) is 0 Å². The minimum atomic E-state index is 0.384. The van der Waals surface area contributed by atoms with E-state index in [1.807, 2.05) is 26.0 Å². The predicted molar refractivity (Wildman–Crippen MR) is 89.1 cm³/mol. The SMILES string of the molecule is COc1ccc(Br)cc1CN1CCCC1c1c(C)noc1C. The van der Waals surface area contributed by atoms with Gasteiger partial charge in [-0.15, -0.1) is 0 Å². The molecule has 1 unspecified atom stereocenters. The van der Waals surface area contributed by atoms with Gasteiger partial charge < -0.3 is 9.26 Å². The monoisotopic (exact) mass is 364 g/mol. The Morgan fingerprint density at radius 1 is 1.41 bits per heavy atom. The summed E-state index contributed by atoms with van der Waals surface area (Å²) in [5.41, 5.74) is 3.47. The fraction of sp³-hybridized carbons (Fsp3) is 0.471. The van der Waals surface area contributed by atoms with E-state index in [-0.39, 0.29) is 0 Å². The minimum absolute atomic E-state index is 0.384. The molecule has 1 aliphatic rings. The summed E-state index contributed by atoms with van der Waals surface area (Å²) in [6, 6.07) is 6.55. The van der Waals surface area contributed by atoms with Gasteiger partial charge >= 0.3 is 0 Å². The molecule has 22 heavy (non-hydrogen) atoms. The lowest BCUT2D eigenvalue weighted by Crippen LogP contribution is -2.23. The zero-order chi connectivity index (χ0) is 15.7. The van der Waals surface area contributed by atoms with Crippen LogP contribution in [0, 0.1) is 13.8 Å². The maximum atomic E-state index is 5.51. The summed E-state index contributed by atoms with van der Waals surface area (Å²) in [6.45, 7) is 6.00. The van der Waals surface area contributed by atoms with Crippen LogP contribution in [0.15, 0.2) is 27.2 Å². The third kappa shape index (κ3) is 2.92. The van der Waals surface area contributed by atoms with Gasteiger partial charge in [-0.1, -0.05) is 21.1 Å². The molecule has 2 aromatic rings. The maximum absolute atomic E-state index is 5.51. The lowest BCUT2D eigenvalue weighted by molar-refractivity contribution is 0.242. The van der Waals surface area contributed by atoms with Crippen molar-refractivity contribution < 1.29 is 9.26 Å². The van der Waals surface area contributed by atoms with Crippen LogP contribution in [-0.2, 0) is 6.54 Å². The van der Waals surface area contributed by atoms with Gasteiger partial charge in [0.1, 0.15) is 11.5 Å². The van der Waals surface area contributed by atoms with Crippen molar-refractivity contribution in [3.05, 3.63) is 45.3 Å². The van der Waals surface area contributed by atoms with Crippen molar-refractivity contribution in [3.63, 3.8) is 0 Å². The Balaban J connectivity index is 1.87. The van der Waals surface area contributed by atoms with Gasteiger partial charge in [0, 0.05) is 28.2 Å². The van der Waals surface area contributed by atoms with E-state index < -0.39 is 0 Å². The quantitative estimate of drug-likeness (QED) is 0.805. The number of benzene rings is 1. The van der Waals surface area contributed by atoms with Crippen LogP contribution >= 0.6 is 15.9 Å². The molecule has 2 heterocycles. The number of likely N-dealkylation sites (tertiary alicyclic amines) is 1.